The molecule has 0 amide bonds. The fourth-order valence-corrected chi connectivity index (χ4v) is 3.13. The summed E-state index contributed by atoms with van der Waals surface area (Å²) in [7, 11) is 0. The molecule has 0 saturated heterocycles. The molecule has 1 aromatic heterocycles. The zero-order valence-electron chi connectivity index (χ0n) is 16.4. The van der Waals surface area contributed by atoms with Crippen molar-refractivity contribution in [1.82, 2.24) is 4.98 Å². The second-order valence-electron chi connectivity index (χ2n) is 6.77. The lowest BCUT2D eigenvalue weighted by molar-refractivity contribution is -0.139. The Balaban J connectivity index is 1.68. The number of Topliss-reactive ketones (excluding diaryl/α,β-unsaturated/α-hetero) is 1. The van der Waals surface area contributed by atoms with E-state index in [0.717, 1.165) is 0 Å². The number of oxazole rings is 1. The van der Waals surface area contributed by atoms with E-state index in [9.17, 15) is 14.7 Å². The van der Waals surface area contributed by atoms with E-state index in [2.05, 4.69) is 4.98 Å². The van der Waals surface area contributed by atoms with Gasteiger partial charge in [0.1, 0.15) is 17.3 Å². The number of nitrogens with zero attached hydrogens (tertiary/aromatic N) is 1. The molecular weight excluding hydrogens is 410 g/mol. The van der Waals surface area contributed by atoms with E-state index in [1.165, 1.54) is 6.07 Å². The van der Waals surface area contributed by atoms with E-state index in [1.54, 1.807) is 44.2 Å². The van der Waals surface area contributed by atoms with Crippen LogP contribution in [0, 0.1) is 13.8 Å². The first-order valence-electron chi connectivity index (χ1n) is 9.18. The molecule has 0 aliphatic heterocycles. The molecule has 0 radical (unpaired) electrons. The lowest BCUT2D eigenvalue weighted by Gasteiger charge is -2.08. The number of aryl methyl sites for hydroxylation is 3. The highest BCUT2D eigenvalue weighted by atomic mass is 35.5. The van der Waals surface area contributed by atoms with Gasteiger partial charge >= 0.3 is 5.97 Å². The number of aromatic hydroxyl groups is 1. The third kappa shape index (κ3) is 4.99. The second kappa shape index (κ2) is 9.00. The molecule has 0 fully saturated rings. The Kier molecular flexibility index (Phi) is 6.42. The minimum Gasteiger partial charge on any atom is -0.507 e. The summed E-state index contributed by atoms with van der Waals surface area (Å²) in [6.07, 6.45) is 0.590. The van der Waals surface area contributed by atoms with Crippen LogP contribution in [0.4, 0.5) is 0 Å². The predicted octanol–water partition coefficient (Wildman–Crippen LogP) is 4.60. The molecule has 30 heavy (non-hydrogen) atoms. The van der Waals surface area contributed by atoms with E-state index in [0.29, 0.717) is 45.3 Å². The summed E-state index contributed by atoms with van der Waals surface area (Å²) >= 11 is 5.85. The van der Waals surface area contributed by atoms with E-state index in [4.69, 9.17) is 25.9 Å². The molecule has 0 bridgehead atoms. The van der Waals surface area contributed by atoms with E-state index >= 15 is 0 Å². The maximum absolute atomic E-state index is 12.6. The fraction of sp³-hybridized carbons (Fsp3) is 0.227. The number of hydrogen-bond acceptors (Lipinski definition) is 6. The Morgan fingerprint density at radius 1 is 1.17 bits per heavy atom. The molecular formula is C22H20ClNO6. The number of halogens is 1. The Morgan fingerprint density at radius 3 is 2.60 bits per heavy atom. The number of carbonyl (C=O) groups is 2. The van der Waals surface area contributed by atoms with Crippen molar-refractivity contribution in [2.45, 2.75) is 26.7 Å². The highest BCUT2D eigenvalue weighted by molar-refractivity contribution is 6.30. The number of aromatic nitrogens is 1. The Bertz CT molecular complexity index is 1110. The van der Waals surface area contributed by atoms with Crippen LogP contribution in [0.25, 0.3) is 11.5 Å². The molecule has 2 N–H and O–H groups in total. The molecule has 0 aliphatic carbocycles. The van der Waals surface area contributed by atoms with Crippen molar-refractivity contribution in [3.63, 3.8) is 0 Å². The summed E-state index contributed by atoms with van der Waals surface area (Å²) in [5.41, 5.74) is 2.24. The summed E-state index contributed by atoms with van der Waals surface area (Å²) in [4.78, 5) is 27.6. The monoisotopic (exact) mass is 429 g/mol. The van der Waals surface area contributed by atoms with Crippen LogP contribution in [-0.2, 0) is 11.2 Å². The standard InChI is InChI=1S/C22H20ClNO6/c1-12-9-14(3-8-20(12)29-11-21(27)28)18(25)7-6-17-13(2)30-22(24-17)16-5-4-15(23)10-19(16)26/h3-5,8-10,26H,6-7,11H2,1-2H3,(H,27,28). The van der Waals surface area contributed by atoms with E-state index < -0.39 is 12.6 Å². The van der Waals surface area contributed by atoms with Gasteiger partial charge in [-0.05, 0) is 55.8 Å². The van der Waals surface area contributed by atoms with Gasteiger partial charge in [-0.2, -0.15) is 0 Å². The number of carboxylic acid groups (broad SMARTS) is 1. The molecule has 0 spiro atoms. The van der Waals surface area contributed by atoms with Crippen LogP contribution in [0.5, 0.6) is 11.5 Å². The van der Waals surface area contributed by atoms with E-state index in [-0.39, 0.29) is 23.8 Å². The normalized spacial score (nSPS) is 10.8. The summed E-state index contributed by atoms with van der Waals surface area (Å²) < 4.78 is 10.8. The van der Waals surface area contributed by atoms with Gasteiger partial charge in [0.2, 0.25) is 5.89 Å². The number of rotatable bonds is 8. The van der Waals surface area contributed by atoms with Crippen LogP contribution in [0.15, 0.2) is 40.8 Å². The highest BCUT2D eigenvalue weighted by Gasteiger charge is 2.17. The number of phenolic OH excluding ortho intramolecular Hbond substituents is 1. The maximum Gasteiger partial charge on any atom is 0.341 e. The zero-order valence-corrected chi connectivity index (χ0v) is 17.2. The van der Waals surface area contributed by atoms with Crippen molar-refractivity contribution >= 4 is 23.4 Å². The number of benzene rings is 2. The van der Waals surface area contributed by atoms with Crippen molar-refractivity contribution in [3.05, 3.63) is 64.0 Å². The molecule has 0 atom stereocenters. The Morgan fingerprint density at radius 2 is 1.93 bits per heavy atom. The number of hydrogen-bond donors (Lipinski definition) is 2. The number of ketones is 1. The van der Waals surface area contributed by atoms with Crippen LogP contribution in [0.2, 0.25) is 5.02 Å². The number of carbonyl (C=O) groups excluding carboxylic acids is 1. The number of phenols is 1. The number of carboxylic acids is 1. The summed E-state index contributed by atoms with van der Waals surface area (Å²) in [5.74, 6) is 0.0754. The third-order valence-electron chi connectivity index (χ3n) is 4.52. The first-order chi connectivity index (χ1) is 14.2. The summed E-state index contributed by atoms with van der Waals surface area (Å²) in [5, 5.41) is 19.1. The smallest absolute Gasteiger partial charge is 0.341 e. The molecule has 156 valence electrons. The van der Waals surface area contributed by atoms with Crippen LogP contribution in [0.3, 0.4) is 0 Å². The molecule has 0 saturated carbocycles. The lowest BCUT2D eigenvalue weighted by atomic mass is 10.0. The maximum atomic E-state index is 12.6. The molecule has 0 aliphatic rings. The molecule has 7 nitrogen and oxygen atoms in total. The van der Waals surface area contributed by atoms with Crippen LogP contribution >= 0.6 is 11.6 Å². The van der Waals surface area contributed by atoms with Gasteiger partial charge in [-0.15, -0.1) is 0 Å². The van der Waals surface area contributed by atoms with Crippen molar-refractivity contribution in [3.8, 4) is 23.0 Å². The van der Waals surface area contributed by atoms with Crippen molar-refractivity contribution < 1.29 is 29.0 Å². The van der Waals surface area contributed by atoms with Crippen LogP contribution in [0.1, 0.15) is 33.8 Å². The minimum atomic E-state index is -1.07. The Labute approximate surface area is 177 Å². The first-order valence-corrected chi connectivity index (χ1v) is 9.56. The van der Waals surface area contributed by atoms with Crippen LogP contribution in [-0.4, -0.2) is 33.6 Å². The van der Waals surface area contributed by atoms with Gasteiger partial charge < -0.3 is 19.4 Å². The van der Waals surface area contributed by atoms with Crippen LogP contribution < -0.4 is 4.74 Å². The largest absolute Gasteiger partial charge is 0.507 e. The van der Waals surface area contributed by atoms with Crippen molar-refractivity contribution in [2.75, 3.05) is 6.61 Å². The van der Waals surface area contributed by atoms with Crippen molar-refractivity contribution in [2.24, 2.45) is 0 Å². The zero-order chi connectivity index (χ0) is 21.8. The van der Waals surface area contributed by atoms with Gasteiger partial charge in [0.15, 0.2) is 12.4 Å². The van der Waals surface area contributed by atoms with Gasteiger partial charge in [-0.3, -0.25) is 4.79 Å². The first kappa shape index (κ1) is 21.4. The molecule has 8 heteroatoms. The minimum absolute atomic E-state index is 0.0351. The van der Waals surface area contributed by atoms with E-state index in [1.807, 2.05) is 0 Å². The van der Waals surface area contributed by atoms with Gasteiger partial charge in [0, 0.05) is 23.4 Å². The average Bonchev–Trinajstić information content (AvgIpc) is 3.05. The number of aliphatic carboxylic acids is 1. The van der Waals surface area contributed by atoms with Crippen molar-refractivity contribution in [1.29, 1.82) is 0 Å². The van der Waals surface area contributed by atoms with Gasteiger partial charge in [0.05, 0.1) is 11.3 Å². The Hall–Kier alpha value is -3.32. The van der Waals surface area contributed by atoms with Gasteiger partial charge in [0.25, 0.3) is 0 Å². The topological polar surface area (TPSA) is 110 Å². The fourth-order valence-electron chi connectivity index (χ4n) is 2.96. The SMILES string of the molecule is Cc1cc(C(=O)CCc2nc(-c3ccc(Cl)cc3O)oc2C)ccc1OCC(=O)O. The lowest BCUT2D eigenvalue weighted by Crippen LogP contribution is -2.10. The average molecular weight is 430 g/mol. The number of ether oxygens (including phenoxy) is 1. The second-order valence-corrected chi connectivity index (χ2v) is 7.21. The molecule has 1 heterocycles. The summed E-state index contributed by atoms with van der Waals surface area (Å²) in [6, 6.07) is 9.53. The van der Waals surface area contributed by atoms with Gasteiger partial charge in [-0.1, -0.05) is 11.6 Å². The summed E-state index contributed by atoms with van der Waals surface area (Å²) in [6.45, 7) is 3.06. The molecule has 0 unspecified atom stereocenters. The predicted molar refractivity (Wildman–Crippen MR) is 110 cm³/mol. The highest BCUT2D eigenvalue weighted by Crippen LogP contribution is 2.32. The molecule has 2 aromatic carbocycles. The molecule has 3 rings (SSSR count). The molecule has 3 aromatic rings. The van der Waals surface area contributed by atoms with Gasteiger partial charge in [-0.25, -0.2) is 9.78 Å². The quantitative estimate of drug-likeness (QED) is 0.503. The third-order valence-corrected chi connectivity index (χ3v) is 4.75.